The van der Waals surface area contributed by atoms with Crippen molar-refractivity contribution in [2.75, 3.05) is 0 Å². The number of hydrogen-bond acceptors (Lipinski definition) is 3. The Labute approximate surface area is 123 Å². The van der Waals surface area contributed by atoms with Crippen LogP contribution in [-0.2, 0) is 16.0 Å². The molecule has 0 aliphatic carbocycles. The van der Waals surface area contributed by atoms with Gasteiger partial charge in [0.15, 0.2) is 5.54 Å². The van der Waals surface area contributed by atoms with Crippen LogP contribution in [0.3, 0.4) is 0 Å². The van der Waals surface area contributed by atoms with Crippen molar-refractivity contribution in [3.05, 3.63) is 84.4 Å². The van der Waals surface area contributed by atoms with Crippen molar-refractivity contribution in [1.29, 1.82) is 0 Å². The molecule has 0 radical (unpaired) electrons. The van der Waals surface area contributed by atoms with Crippen LogP contribution < -0.4 is 0 Å². The second-order valence-corrected chi connectivity index (χ2v) is 4.96. The van der Waals surface area contributed by atoms with E-state index in [-0.39, 0.29) is 5.97 Å². The van der Waals surface area contributed by atoms with Crippen LogP contribution in [0.2, 0.25) is 0 Å². The Balaban J connectivity index is 1.96. The number of carbonyl (C=O) groups is 1. The zero-order chi connectivity index (χ0) is 14.7. The molecule has 3 nitrogen and oxygen atoms in total. The van der Waals surface area contributed by atoms with E-state index in [2.05, 4.69) is 11.6 Å². The number of ether oxygens (including phenoxy) is 1. The van der Waals surface area contributed by atoms with Crippen molar-refractivity contribution in [3.63, 3.8) is 0 Å². The molecular formula is C18H15NO2. The van der Waals surface area contributed by atoms with Crippen molar-refractivity contribution in [1.82, 2.24) is 0 Å². The predicted octanol–water partition coefficient (Wildman–Crippen LogP) is 3.16. The fraction of sp³-hybridized carbons (Fsp3) is 0.111. The molecule has 0 fully saturated rings. The Hall–Kier alpha value is -2.68. The van der Waals surface area contributed by atoms with Gasteiger partial charge in [0.2, 0.25) is 5.90 Å². The highest BCUT2D eigenvalue weighted by Crippen LogP contribution is 2.28. The van der Waals surface area contributed by atoms with Crippen LogP contribution in [0.5, 0.6) is 0 Å². The number of esters is 1. The number of carbonyl (C=O) groups excluding carboxylic acids is 1. The highest BCUT2D eigenvalue weighted by molar-refractivity contribution is 6.08. The maximum absolute atomic E-state index is 12.3. The van der Waals surface area contributed by atoms with Crippen LogP contribution in [-0.4, -0.2) is 17.4 Å². The van der Waals surface area contributed by atoms with E-state index in [1.54, 1.807) is 6.08 Å². The second-order valence-electron chi connectivity index (χ2n) is 4.96. The smallest absolute Gasteiger partial charge is 0.345 e. The Morgan fingerprint density at radius 2 is 1.67 bits per heavy atom. The maximum atomic E-state index is 12.3. The molecule has 1 unspecified atom stereocenters. The summed E-state index contributed by atoms with van der Waals surface area (Å²) >= 11 is 0. The van der Waals surface area contributed by atoms with Crippen molar-refractivity contribution >= 4 is 11.9 Å². The molecule has 0 spiro atoms. The Kier molecular flexibility index (Phi) is 3.40. The summed E-state index contributed by atoms with van der Waals surface area (Å²) < 4.78 is 5.37. The van der Waals surface area contributed by atoms with Gasteiger partial charge in [-0.2, -0.15) is 0 Å². The number of nitrogens with zero attached hydrogens (tertiary/aromatic N) is 1. The molecule has 0 amide bonds. The van der Waals surface area contributed by atoms with Crippen molar-refractivity contribution in [2.24, 2.45) is 4.99 Å². The lowest BCUT2D eigenvalue weighted by molar-refractivity contribution is -0.137. The molecule has 1 aliphatic rings. The zero-order valence-electron chi connectivity index (χ0n) is 11.5. The minimum atomic E-state index is -1.04. The second kappa shape index (κ2) is 5.37. The molecule has 0 saturated carbocycles. The van der Waals surface area contributed by atoms with Crippen LogP contribution in [0, 0.1) is 0 Å². The first kappa shape index (κ1) is 13.3. The van der Waals surface area contributed by atoms with Gasteiger partial charge in [0, 0.05) is 12.0 Å². The molecule has 21 heavy (non-hydrogen) atoms. The lowest BCUT2D eigenvalue weighted by Gasteiger charge is -2.17. The number of cyclic esters (lactones) is 1. The van der Waals surface area contributed by atoms with E-state index < -0.39 is 5.54 Å². The molecule has 1 aliphatic heterocycles. The summed E-state index contributed by atoms with van der Waals surface area (Å²) in [5.74, 6) is -0.0170. The molecule has 104 valence electrons. The quantitative estimate of drug-likeness (QED) is 0.636. The van der Waals surface area contributed by atoms with Crippen molar-refractivity contribution < 1.29 is 9.53 Å². The lowest BCUT2D eigenvalue weighted by atomic mass is 9.92. The summed E-state index contributed by atoms with van der Waals surface area (Å²) in [6.45, 7) is 3.78. The van der Waals surface area contributed by atoms with E-state index in [0.29, 0.717) is 12.3 Å². The highest BCUT2D eigenvalue weighted by Gasteiger charge is 2.43. The fourth-order valence-corrected chi connectivity index (χ4v) is 2.35. The first-order valence-electron chi connectivity index (χ1n) is 6.78. The number of rotatable bonds is 4. The number of benzene rings is 2. The van der Waals surface area contributed by atoms with Gasteiger partial charge in [0.05, 0.1) is 0 Å². The molecule has 1 atom stereocenters. The van der Waals surface area contributed by atoms with E-state index in [0.717, 1.165) is 11.1 Å². The molecule has 1 heterocycles. The Morgan fingerprint density at radius 3 is 2.29 bits per heavy atom. The first-order chi connectivity index (χ1) is 10.2. The van der Waals surface area contributed by atoms with Crippen LogP contribution in [0.25, 0.3) is 0 Å². The molecule has 2 aromatic rings. The lowest BCUT2D eigenvalue weighted by Crippen LogP contribution is -2.33. The average Bonchev–Trinajstić information content (AvgIpc) is 2.87. The molecule has 0 N–H and O–H groups in total. The van der Waals surface area contributed by atoms with E-state index >= 15 is 0 Å². The van der Waals surface area contributed by atoms with E-state index in [1.165, 1.54) is 0 Å². The third-order valence-electron chi connectivity index (χ3n) is 3.52. The topological polar surface area (TPSA) is 38.7 Å². The Morgan fingerprint density at radius 1 is 1.05 bits per heavy atom. The number of hydrogen-bond donors (Lipinski definition) is 0. The summed E-state index contributed by atoms with van der Waals surface area (Å²) in [6, 6.07) is 19.2. The SMILES string of the molecule is C=CC1(Cc2ccccc2)N=C(c2ccccc2)OC1=O. The maximum Gasteiger partial charge on any atom is 0.345 e. The molecule has 0 aromatic heterocycles. The van der Waals surface area contributed by atoms with Gasteiger partial charge in [-0.25, -0.2) is 9.79 Å². The minimum absolute atomic E-state index is 0.358. The van der Waals surface area contributed by atoms with Gasteiger partial charge >= 0.3 is 5.97 Å². The van der Waals surface area contributed by atoms with Crippen LogP contribution in [0.1, 0.15) is 11.1 Å². The Bertz CT molecular complexity index is 692. The van der Waals surface area contributed by atoms with Crippen molar-refractivity contribution in [2.45, 2.75) is 12.0 Å². The van der Waals surface area contributed by atoms with Gasteiger partial charge in [-0.15, -0.1) is 6.58 Å². The largest absolute Gasteiger partial charge is 0.405 e. The van der Waals surface area contributed by atoms with E-state index in [4.69, 9.17) is 4.74 Å². The molecule has 3 rings (SSSR count). The molecule has 0 bridgehead atoms. The van der Waals surface area contributed by atoms with Crippen LogP contribution >= 0.6 is 0 Å². The minimum Gasteiger partial charge on any atom is -0.405 e. The van der Waals surface area contributed by atoms with Gasteiger partial charge < -0.3 is 4.74 Å². The van der Waals surface area contributed by atoms with E-state index in [1.807, 2.05) is 60.7 Å². The molecule has 0 saturated heterocycles. The summed E-state index contributed by atoms with van der Waals surface area (Å²) in [5, 5.41) is 0. The summed E-state index contributed by atoms with van der Waals surface area (Å²) in [7, 11) is 0. The fourth-order valence-electron chi connectivity index (χ4n) is 2.35. The van der Waals surface area contributed by atoms with Crippen LogP contribution in [0.4, 0.5) is 0 Å². The normalized spacial score (nSPS) is 20.8. The van der Waals surface area contributed by atoms with Gasteiger partial charge in [-0.05, 0) is 17.7 Å². The zero-order valence-corrected chi connectivity index (χ0v) is 11.5. The molecular weight excluding hydrogens is 262 g/mol. The van der Waals surface area contributed by atoms with Crippen molar-refractivity contribution in [3.8, 4) is 0 Å². The number of aliphatic imine (C=N–C) groups is 1. The van der Waals surface area contributed by atoms with E-state index in [9.17, 15) is 4.79 Å². The summed E-state index contributed by atoms with van der Waals surface area (Å²) in [5.41, 5.74) is 0.780. The first-order valence-corrected chi connectivity index (χ1v) is 6.78. The molecule has 2 aromatic carbocycles. The summed E-state index contributed by atoms with van der Waals surface area (Å²) in [4.78, 5) is 16.8. The molecule has 3 heteroatoms. The van der Waals surface area contributed by atoms with Gasteiger partial charge in [-0.3, -0.25) is 0 Å². The monoisotopic (exact) mass is 277 g/mol. The summed E-state index contributed by atoms with van der Waals surface area (Å²) in [6.07, 6.45) is 2.02. The van der Waals surface area contributed by atoms with Gasteiger partial charge in [0.1, 0.15) is 0 Å². The van der Waals surface area contributed by atoms with Gasteiger partial charge in [0.25, 0.3) is 0 Å². The van der Waals surface area contributed by atoms with Crippen LogP contribution in [0.15, 0.2) is 78.3 Å². The average molecular weight is 277 g/mol. The standard InChI is InChI=1S/C18H15NO2/c1-2-18(13-14-9-5-3-6-10-14)17(20)21-16(19-18)15-11-7-4-8-12-15/h2-12H,1,13H2. The van der Waals surface area contributed by atoms with Gasteiger partial charge in [-0.1, -0.05) is 54.6 Å². The third kappa shape index (κ3) is 2.50. The predicted molar refractivity (Wildman–Crippen MR) is 82.1 cm³/mol. The third-order valence-corrected chi connectivity index (χ3v) is 3.52. The highest BCUT2D eigenvalue weighted by atomic mass is 16.6.